The van der Waals surface area contributed by atoms with Gasteiger partial charge in [0.05, 0.1) is 0 Å². The van der Waals surface area contributed by atoms with E-state index in [0.29, 0.717) is 5.92 Å². The van der Waals surface area contributed by atoms with Crippen LogP contribution in [0.4, 0.5) is 0 Å². The Labute approximate surface area is 111 Å². The predicted molar refractivity (Wildman–Crippen MR) is 76.6 cm³/mol. The lowest BCUT2D eigenvalue weighted by atomic mass is 9.92. The van der Waals surface area contributed by atoms with E-state index in [2.05, 4.69) is 31.3 Å². The standard InChI is InChI=1S/C15H24ClN/c1-12(2)8-9-13(11-17-3)10-14-6-4-5-7-15(14)16/h4-7,12-13,17H,8-11H2,1-3H3. The summed E-state index contributed by atoms with van der Waals surface area (Å²) in [5.74, 6) is 1.46. The molecule has 0 aliphatic heterocycles. The van der Waals surface area contributed by atoms with Crippen molar-refractivity contribution in [3.05, 3.63) is 34.9 Å². The molecule has 1 aromatic rings. The van der Waals surface area contributed by atoms with Gasteiger partial charge in [0, 0.05) is 5.02 Å². The van der Waals surface area contributed by atoms with Crippen molar-refractivity contribution in [2.24, 2.45) is 11.8 Å². The summed E-state index contributed by atoms with van der Waals surface area (Å²) in [6.45, 7) is 5.63. The second kappa shape index (κ2) is 7.73. The van der Waals surface area contributed by atoms with Gasteiger partial charge in [-0.15, -0.1) is 0 Å². The van der Waals surface area contributed by atoms with E-state index in [0.717, 1.165) is 23.9 Å². The highest BCUT2D eigenvalue weighted by Crippen LogP contribution is 2.22. The number of hydrogen-bond acceptors (Lipinski definition) is 1. The first-order valence-electron chi connectivity index (χ1n) is 6.51. The van der Waals surface area contributed by atoms with E-state index in [1.807, 2.05) is 19.2 Å². The monoisotopic (exact) mass is 253 g/mol. The molecule has 1 rings (SSSR count). The van der Waals surface area contributed by atoms with Crippen LogP contribution in [0.5, 0.6) is 0 Å². The lowest BCUT2D eigenvalue weighted by molar-refractivity contribution is 0.409. The first kappa shape index (κ1) is 14.5. The van der Waals surface area contributed by atoms with Crippen LogP contribution >= 0.6 is 11.6 Å². The molecule has 1 aromatic carbocycles. The molecule has 96 valence electrons. The summed E-state index contributed by atoms with van der Waals surface area (Å²) in [6.07, 6.45) is 3.63. The van der Waals surface area contributed by atoms with E-state index < -0.39 is 0 Å². The van der Waals surface area contributed by atoms with E-state index in [1.54, 1.807) is 0 Å². The largest absolute Gasteiger partial charge is 0.319 e. The number of benzene rings is 1. The Morgan fingerprint density at radius 1 is 1.18 bits per heavy atom. The minimum Gasteiger partial charge on any atom is -0.319 e. The molecule has 1 unspecified atom stereocenters. The first-order valence-corrected chi connectivity index (χ1v) is 6.89. The van der Waals surface area contributed by atoms with Crippen molar-refractivity contribution in [1.82, 2.24) is 5.32 Å². The summed E-state index contributed by atoms with van der Waals surface area (Å²) in [5.41, 5.74) is 1.28. The van der Waals surface area contributed by atoms with Gasteiger partial charge >= 0.3 is 0 Å². The van der Waals surface area contributed by atoms with Crippen molar-refractivity contribution in [3.8, 4) is 0 Å². The Morgan fingerprint density at radius 2 is 1.88 bits per heavy atom. The summed E-state index contributed by atoms with van der Waals surface area (Å²) >= 11 is 6.21. The highest BCUT2D eigenvalue weighted by Gasteiger charge is 2.11. The molecule has 1 atom stereocenters. The fourth-order valence-corrected chi connectivity index (χ4v) is 2.32. The van der Waals surface area contributed by atoms with Gasteiger partial charge in [-0.2, -0.15) is 0 Å². The molecule has 1 nitrogen and oxygen atoms in total. The van der Waals surface area contributed by atoms with Gasteiger partial charge in [-0.1, -0.05) is 50.1 Å². The van der Waals surface area contributed by atoms with Crippen LogP contribution in [-0.2, 0) is 6.42 Å². The second-order valence-electron chi connectivity index (χ2n) is 5.19. The van der Waals surface area contributed by atoms with E-state index in [-0.39, 0.29) is 0 Å². The van der Waals surface area contributed by atoms with Gasteiger partial charge in [0.25, 0.3) is 0 Å². The summed E-state index contributed by atoms with van der Waals surface area (Å²) in [6, 6.07) is 8.18. The fourth-order valence-electron chi connectivity index (χ4n) is 2.11. The Kier molecular flexibility index (Phi) is 6.61. The normalized spacial score (nSPS) is 13.0. The molecule has 1 N–H and O–H groups in total. The minimum atomic E-state index is 0.683. The molecule has 0 aromatic heterocycles. The Hall–Kier alpha value is -0.530. The van der Waals surface area contributed by atoms with Crippen LogP contribution in [0.25, 0.3) is 0 Å². The van der Waals surface area contributed by atoms with E-state index in [1.165, 1.54) is 18.4 Å². The predicted octanol–water partition coefficient (Wildman–Crippen LogP) is 4.15. The van der Waals surface area contributed by atoms with Crippen molar-refractivity contribution in [2.45, 2.75) is 33.1 Å². The van der Waals surface area contributed by atoms with Crippen molar-refractivity contribution in [1.29, 1.82) is 0 Å². The van der Waals surface area contributed by atoms with Crippen molar-refractivity contribution in [2.75, 3.05) is 13.6 Å². The van der Waals surface area contributed by atoms with Crippen LogP contribution in [0.3, 0.4) is 0 Å². The van der Waals surface area contributed by atoms with Crippen molar-refractivity contribution >= 4 is 11.6 Å². The van der Waals surface area contributed by atoms with Gasteiger partial charge < -0.3 is 5.32 Å². The first-order chi connectivity index (χ1) is 8.13. The summed E-state index contributed by atoms with van der Waals surface area (Å²) in [4.78, 5) is 0. The molecule has 0 spiro atoms. The zero-order chi connectivity index (χ0) is 12.7. The maximum absolute atomic E-state index is 6.21. The van der Waals surface area contributed by atoms with Gasteiger partial charge in [0.2, 0.25) is 0 Å². The third-order valence-corrected chi connectivity index (χ3v) is 3.48. The number of halogens is 1. The van der Waals surface area contributed by atoms with E-state index in [9.17, 15) is 0 Å². The van der Waals surface area contributed by atoms with Crippen LogP contribution in [0, 0.1) is 11.8 Å². The molecule has 17 heavy (non-hydrogen) atoms. The highest BCUT2D eigenvalue weighted by atomic mass is 35.5. The number of hydrogen-bond donors (Lipinski definition) is 1. The van der Waals surface area contributed by atoms with Gasteiger partial charge in [-0.3, -0.25) is 0 Å². The van der Waals surface area contributed by atoms with Crippen LogP contribution in [0.2, 0.25) is 5.02 Å². The Bertz CT molecular complexity index is 322. The maximum atomic E-state index is 6.21. The second-order valence-corrected chi connectivity index (χ2v) is 5.60. The average molecular weight is 254 g/mol. The number of nitrogens with one attached hydrogen (secondary N) is 1. The smallest absolute Gasteiger partial charge is 0.0438 e. The molecule has 0 heterocycles. The van der Waals surface area contributed by atoms with Gasteiger partial charge in [0.15, 0.2) is 0 Å². The number of rotatable bonds is 7. The molecule has 0 aliphatic carbocycles. The minimum absolute atomic E-state index is 0.683. The van der Waals surface area contributed by atoms with Gasteiger partial charge in [-0.05, 0) is 49.9 Å². The third-order valence-electron chi connectivity index (χ3n) is 3.11. The molecule has 0 saturated heterocycles. The van der Waals surface area contributed by atoms with Crippen LogP contribution in [-0.4, -0.2) is 13.6 Å². The molecule has 2 heteroatoms. The molecule has 0 saturated carbocycles. The maximum Gasteiger partial charge on any atom is 0.0438 e. The average Bonchev–Trinajstić information content (AvgIpc) is 2.29. The fraction of sp³-hybridized carbons (Fsp3) is 0.600. The SMILES string of the molecule is CNCC(CCC(C)C)Cc1ccccc1Cl. The van der Waals surface area contributed by atoms with Crippen LogP contribution in [0.15, 0.2) is 24.3 Å². The molecular weight excluding hydrogens is 230 g/mol. The molecule has 0 radical (unpaired) electrons. The quantitative estimate of drug-likeness (QED) is 0.770. The Morgan fingerprint density at radius 3 is 2.47 bits per heavy atom. The van der Waals surface area contributed by atoms with E-state index >= 15 is 0 Å². The molecule has 0 amide bonds. The zero-order valence-electron chi connectivity index (χ0n) is 11.2. The van der Waals surface area contributed by atoms with E-state index in [4.69, 9.17) is 11.6 Å². The van der Waals surface area contributed by atoms with Crippen molar-refractivity contribution in [3.63, 3.8) is 0 Å². The molecule has 0 fully saturated rings. The van der Waals surface area contributed by atoms with Crippen LogP contribution < -0.4 is 5.32 Å². The van der Waals surface area contributed by atoms with Gasteiger partial charge in [-0.25, -0.2) is 0 Å². The topological polar surface area (TPSA) is 12.0 Å². The van der Waals surface area contributed by atoms with Crippen LogP contribution in [0.1, 0.15) is 32.3 Å². The van der Waals surface area contributed by atoms with Gasteiger partial charge in [0.1, 0.15) is 0 Å². The molecule has 0 bridgehead atoms. The summed E-state index contributed by atoms with van der Waals surface area (Å²) in [7, 11) is 2.02. The highest BCUT2D eigenvalue weighted by molar-refractivity contribution is 6.31. The summed E-state index contributed by atoms with van der Waals surface area (Å²) < 4.78 is 0. The molecule has 0 aliphatic rings. The summed E-state index contributed by atoms with van der Waals surface area (Å²) in [5, 5.41) is 4.19. The zero-order valence-corrected chi connectivity index (χ0v) is 11.9. The third kappa shape index (κ3) is 5.56. The Balaban J connectivity index is 2.56. The van der Waals surface area contributed by atoms with Crippen molar-refractivity contribution < 1.29 is 0 Å². The lowest BCUT2D eigenvalue weighted by Gasteiger charge is -2.18. The lowest BCUT2D eigenvalue weighted by Crippen LogP contribution is -2.21. The molecular formula is C15H24ClN.